The van der Waals surface area contributed by atoms with Crippen molar-refractivity contribution in [2.75, 3.05) is 13.2 Å². The highest BCUT2D eigenvalue weighted by Crippen LogP contribution is 2.18. The Labute approximate surface area is 110 Å². The van der Waals surface area contributed by atoms with Crippen LogP contribution in [-0.4, -0.2) is 19.1 Å². The maximum absolute atomic E-state index is 11.2. The first kappa shape index (κ1) is 14.7. The fourth-order valence-corrected chi connectivity index (χ4v) is 2.05. The van der Waals surface area contributed by atoms with Crippen LogP contribution in [0, 0.1) is 13.8 Å². The van der Waals surface area contributed by atoms with Crippen LogP contribution in [0.5, 0.6) is 0 Å². The van der Waals surface area contributed by atoms with Crippen LogP contribution >= 0.6 is 0 Å². The van der Waals surface area contributed by atoms with E-state index in [0.717, 1.165) is 0 Å². The van der Waals surface area contributed by atoms with Crippen LogP contribution in [0.4, 0.5) is 0 Å². The van der Waals surface area contributed by atoms with Gasteiger partial charge in [-0.1, -0.05) is 23.8 Å². The van der Waals surface area contributed by atoms with E-state index in [0.29, 0.717) is 19.6 Å². The highest BCUT2D eigenvalue weighted by molar-refractivity contribution is 5.69. The van der Waals surface area contributed by atoms with E-state index in [1.165, 1.54) is 16.7 Å². The van der Waals surface area contributed by atoms with E-state index in [-0.39, 0.29) is 12.0 Å². The van der Waals surface area contributed by atoms with Gasteiger partial charge >= 0.3 is 5.97 Å². The smallest absolute Gasteiger partial charge is 0.307 e. The van der Waals surface area contributed by atoms with Gasteiger partial charge in [-0.15, -0.1) is 0 Å². The molecule has 0 bridgehead atoms. The zero-order valence-corrected chi connectivity index (χ0v) is 11.7. The second-order valence-electron chi connectivity index (χ2n) is 4.59. The fourth-order valence-electron chi connectivity index (χ4n) is 2.05. The number of carbonyl (C=O) groups is 1. The number of hydrogen-bond donors (Lipinski definition) is 1. The first-order chi connectivity index (χ1) is 8.54. The Morgan fingerprint density at radius 3 is 2.72 bits per heavy atom. The molecule has 0 aromatic heterocycles. The number of ether oxygens (including phenoxy) is 1. The van der Waals surface area contributed by atoms with Crippen molar-refractivity contribution in [3.63, 3.8) is 0 Å². The third-order valence-electron chi connectivity index (χ3n) is 2.98. The van der Waals surface area contributed by atoms with Gasteiger partial charge in [0.2, 0.25) is 0 Å². The second-order valence-corrected chi connectivity index (χ2v) is 4.59. The number of benzene rings is 1. The highest BCUT2D eigenvalue weighted by atomic mass is 16.5. The Balaban J connectivity index is 2.45. The van der Waals surface area contributed by atoms with Crippen LogP contribution in [0.25, 0.3) is 0 Å². The maximum atomic E-state index is 11.2. The molecule has 1 aromatic rings. The summed E-state index contributed by atoms with van der Waals surface area (Å²) >= 11 is 0. The van der Waals surface area contributed by atoms with E-state index < -0.39 is 0 Å². The van der Waals surface area contributed by atoms with Crippen molar-refractivity contribution in [1.29, 1.82) is 0 Å². The Bertz CT molecular complexity index is 401. The molecular formula is C15H23NO2. The molecule has 0 heterocycles. The lowest BCUT2D eigenvalue weighted by molar-refractivity contribution is -0.143. The molecule has 0 saturated heterocycles. The van der Waals surface area contributed by atoms with Crippen LogP contribution in [-0.2, 0) is 9.53 Å². The largest absolute Gasteiger partial charge is 0.466 e. The number of carbonyl (C=O) groups excluding carboxylic acids is 1. The molecule has 0 aliphatic heterocycles. The lowest BCUT2D eigenvalue weighted by Crippen LogP contribution is -2.23. The van der Waals surface area contributed by atoms with Gasteiger partial charge in [0.15, 0.2) is 0 Å². The van der Waals surface area contributed by atoms with Crippen LogP contribution in [0.2, 0.25) is 0 Å². The average molecular weight is 249 g/mol. The Morgan fingerprint density at radius 2 is 2.11 bits per heavy atom. The highest BCUT2D eigenvalue weighted by Gasteiger charge is 2.09. The number of rotatable bonds is 6. The van der Waals surface area contributed by atoms with Crippen molar-refractivity contribution in [3.05, 3.63) is 34.9 Å². The minimum absolute atomic E-state index is 0.141. The number of esters is 1. The topological polar surface area (TPSA) is 38.3 Å². The molecule has 3 heteroatoms. The van der Waals surface area contributed by atoms with Crippen LogP contribution in [0.1, 0.15) is 43.0 Å². The number of aryl methyl sites for hydroxylation is 2. The first-order valence-electron chi connectivity index (χ1n) is 6.50. The summed E-state index contributed by atoms with van der Waals surface area (Å²) in [5.74, 6) is -0.141. The van der Waals surface area contributed by atoms with Gasteiger partial charge in [0.25, 0.3) is 0 Å². The molecule has 0 aliphatic carbocycles. The van der Waals surface area contributed by atoms with Crippen LogP contribution in [0.3, 0.4) is 0 Å². The summed E-state index contributed by atoms with van der Waals surface area (Å²) < 4.78 is 4.89. The molecular weight excluding hydrogens is 226 g/mol. The average Bonchev–Trinajstić information content (AvgIpc) is 2.29. The summed E-state index contributed by atoms with van der Waals surface area (Å²) in [6.45, 7) is 9.24. The zero-order chi connectivity index (χ0) is 13.5. The van der Waals surface area contributed by atoms with E-state index in [9.17, 15) is 4.79 Å². The van der Waals surface area contributed by atoms with Crippen LogP contribution in [0.15, 0.2) is 18.2 Å². The minimum Gasteiger partial charge on any atom is -0.466 e. The monoisotopic (exact) mass is 249 g/mol. The van der Waals surface area contributed by atoms with Crippen molar-refractivity contribution < 1.29 is 9.53 Å². The predicted molar refractivity (Wildman–Crippen MR) is 73.6 cm³/mol. The van der Waals surface area contributed by atoms with Crippen molar-refractivity contribution >= 4 is 5.97 Å². The van der Waals surface area contributed by atoms with Gasteiger partial charge in [-0.2, -0.15) is 0 Å². The summed E-state index contributed by atoms with van der Waals surface area (Å²) in [5.41, 5.74) is 3.84. The van der Waals surface area contributed by atoms with E-state index in [1.54, 1.807) is 0 Å². The summed E-state index contributed by atoms with van der Waals surface area (Å²) in [7, 11) is 0. The number of hydrogen-bond acceptors (Lipinski definition) is 3. The molecule has 1 N–H and O–H groups in total. The Morgan fingerprint density at radius 1 is 1.39 bits per heavy atom. The lowest BCUT2D eigenvalue weighted by atomic mass is 10.0. The lowest BCUT2D eigenvalue weighted by Gasteiger charge is -2.16. The van der Waals surface area contributed by atoms with Crippen LogP contribution < -0.4 is 5.32 Å². The molecule has 0 aliphatic rings. The molecule has 1 unspecified atom stereocenters. The molecule has 0 radical (unpaired) electrons. The molecule has 0 fully saturated rings. The van der Waals surface area contributed by atoms with E-state index in [1.807, 2.05) is 6.92 Å². The molecule has 1 atom stereocenters. The van der Waals surface area contributed by atoms with Gasteiger partial charge < -0.3 is 10.1 Å². The van der Waals surface area contributed by atoms with Gasteiger partial charge in [0.05, 0.1) is 13.0 Å². The fraction of sp³-hybridized carbons (Fsp3) is 0.533. The standard InChI is InChI=1S/C15H23NO2/c1-5-18-15(17)8-9-16-13(4)14-7-6-11(2)10-12(14)3/h6-7,10,13,16H,5,8-9H2,1-4H3. The van der Waals surface area contributed by atoms with Gasteiger partial charge in [-0.05, 0) is 38.8 Å². The van der Waals surface area contributed by atoms with E-state index in [4.69, 9.17) is 4.74 Å². The molecule has 0 spiro atoms. The summed E-state index contributed by atoms with van der Waals surface area (Å²) in [6, 6.07) is 6.69. The third kappa shape index (κ3) is 4.49. The maximum Gasteiger partial charge on any atom is 0.307 e. The Kier molecular flexibility index (Phi) is 5.86. The minimum atomic E-state index is -0.141. The quantitative estimate of drug-likeness (QED) is 0.788. The van der Waals surface area contributed by atoms with E-state index in [2.05, 4.69) is 44.3 Å². The molecule has 0 saturated carbocycles. The van der Waals surface area contributed by atoms with Gasteiger partial charge in [0, 0.05) is 12.6 Å². The van der Waals surface area contributed by atoms with Gasteiger partial charge in [-0.3, -0.25) is 4.79 Å². The Hall–Kier alpha value is -1.35. The molecule has 1 aromatic carbocycles. The van der Waals surface area contributed by atoms with Crippen molar-refractivity contribution in [3.8, 4) is 0 Å². The van der Waals surface area contributed by atoms with Gasteiger partial charge in [-0.25, -0.2) is 0 Å². The summed E-state index contributed by atoms with van der Waals surface area (Å²) in [6.07, 6.45) is 0.420. The van der Waals surface area contributed by atoms with E-state index >= 15 is 0 Å². The molecule has 18 heavy (non-hydrogen) atoms. The first-order valence-corrected chi connectivity index (χ1v) is 6.50. The summed E-state index contributed by atoms with van der Waals surface area (Å²) in [5, 5.41) is 3.35. The predicted octanol–water partition coefficient (Wildman–Crippen LogP) is 2.91. The second kappa shape index (κ2) is 7.17. The normalized spacial score (nSPS) is 12.2. The van der Waals surface area contributed by atoms with Crippen molar-refractivity contribution in [2.45, 2.75) is 40.2 Å². The SMILES string of the molecule is CCOC(=O)CCNC(C)c1ccc(C)cc1C. The summed E-state index contributed by atoms with van der Waals surface area (Å²) in [4.78, 5) is 11.2. The van der Waals surface area contributed by atoms with Crippen molar-refractivity contribution in [1.82, 2.24) is 5.32 Å². The number of nitrogens with one attached hydrogen (secondary N) is 1. The molecule has 1 rings (SSSR count). The molecule has 0 amide bonds. The molecule has 3 nitrogen and oxygen atoms in total. The zero-order valence-electron chi connectivity index (χ0n) is 11.7. The van der Waals surface area contributed by atoms with Crippen molar-refractivity contribution in [2.24, 2.45) is 0 Å². The van der Waals surface area contributed by atoms with Gasteiger partial charge in [0.1, 0.15) is 0 Å². The molecule has 100 valence electrons. The third-order valence-corrected chi connectivity index (χ3v) is 2.98.